The molecule has 0 unspecified atom stereocenters. The van der Waals surface area contributed by atoms with Crippen LogP contribution in [0, 0.1) is 0 Å². The van der Waals surface area contributed by atoms with Crippen LogP contribution in [0.25, 0.3) is 16.8 Å². The van der Waals surface area contributed by atoms with E-state index in [1.54, 1.807) is 16.8 Å². The standard InChI is InChI=1S/C21H16ClN3O3/c1-27-21(26)16-12-24-25-17(15-9-10-23-19(22)11-15)7-8-18(20(16)25)28-13-14-5-3-2-4-6-14/h2-12H,13H2,1H3. The van der Waals surface area contributed by atoms with Crippen molar-refractivity contribution in [3.05, 3.63) is 83.3 Å². The Morgan fingerprint density at radius 3 is 2.71 bits per heavy atom. The Balaban J connectivity index is 1.82. The van der Waals surface area contributed by atoms with Crippen LogP contribution in [-0.2, 0) is 11.3 Å². The summed E-state index contributed by atoms with van der Waals surface area (Å²) in [5.41, 5.74) is 3.45. The number of methoxy groups -OCH3 is 1. The number of halogens is 1. The number of carbonyl (C=O) groups is 1. The maximum Gasteiger partial charge on any atom is 0.341 e. The third-order valence-corrected chi connectivity index (χ3v) is 4.49. The molecule has 0 saturated carbocycles. The fraction of sp³-hybridized carbons (Fsp3) is 0.0952. The predicted molar refractivity (Wildman–Crippen MR) is 106 cm³/mol. The summed E-state index contributed by atoms with van der Waals surface area (Å²) in [7, 11) is 1.34. The Kier molecular flexibility index (Phi) is 4.95. The van der Waals surface area contributed by atoms with E-state index >= 15 is 0 Å². The Morgan fingerprint density at radius 1 is 1.14 bits per heavy atom. The summed E-state index contributed by atoms with van der Waals surface area (Å²) in [5.74, 6) is 0.0510. The minimum atomic E-state index is -0.482. The van der Waals surface area contributed by atoms with Crippen LogP contribution >= 0.6 is 11.6 Å². The first kappa shape index (κ1) is 18.0. The molecule has 0 aliphatic rings. The van der Waals surface area contributed by atoms with E-state index in [1.807, 2.05) is 48.5 Å². The zero-order valence-electron chi connectivity index (χ0n) is 15.0. The molecular weight excluding hydrogens is 378 g/mol. The number of nitrogens with zero attached hydrogens (tertiary/aromatic N) is 3. The van der Waals surface area contributed by atoms with Gasteiger partial charge in [0.25, 0.3) is 0 Å². The summed E-state index contributed by atoms with van der Waals surface area (Å²) in [5, 5.41) is 4.75. The molecule has 4 aromatic rings. The largest absolute Gasteiger partial charge is 0.487 e. The lowest BCUT2D eigenvalue weighted by Gasteiger charge is -2.12. The van der Waals surface area contributed by atoms with Crippen molar-refractivity contribution >= 4 is 23.1 Å². The van der Waals surface area contributed by atoms with Crippen LogP contribution in [0.5, 0.6) is 5.75 Å². The van der Waals surface area contributed by atoms with E-state index in [0.717, 1.165) is 16.8 Å². The normalized spacial score (nSPS) is 10.8. The fourth-order valence-electron chi connectivity index (χ4n) is 2.96. The summed E-state index contributed by atoms with van der Waals surface area (Å²) in [6.07, 6.45) is 3.09. The smallest absolute Gasteiger partial charge is 0.341 e. The molecule has 0 amide bonds. The van der Waals surface area contributed by atoms with Crippen molar-refractivity contribution in [1.29, 1.82) is 0 Å². The number of carbonyl (C=O) groups excluding carboxylic acids is 1. The van der Waals surface area contributed by atoms with Gasteiger partial charge in [0.05, 0.1) is 19.0 Å². The topological polar surface area (TPSA) is 65.7 Å². The Morgan fingerprint density at radius 2 is 1.96 bits per heavy atom. The number of esters is 1. The second kappa shape index (κ2) is 7.70. The van der Waals surface area contributed by atoms with Crippen molar-refractivity contribution in [3.63, 3.8) is 0 Å². The SMILES string of the molecule is COC(=O)c1cnn2c(-c3ccnc(Cl)c3)ccc(OCc3ccccc3)c12. The summed E-state index contributed by atoms with van der Waals surface area (Å²) in [4.78, 5) is 16.3. The lowest BCUT2D eigenvalue weighted by atomic mass is 10.1. The van der Waals surface area contributed by atoms with Gasteiger partial charge >= 0.3 is 5.97 Å². The van der Waals surface area contributed by atoms with Gasteiger partial charge in [0.2, 0.25) is 0 Å². The minimum Gasteiger partial charge on any atom is -0.487 e. The first-order valence-electron chi connectivity index (χ1n) is 8.55. The lowest BCUT2D eigenvalue weighted by Crippen LogP contribution is -2.04. The first-order valence-corrected chi connectivity index (χ1v) is 8.93. The van der Waals surface area contributed by atoms with Crippen LogP contribution in [0.2, 0.25) is 5.15 Å². The number of pyridine rings is 2. The van der Waals surface area contributed by atoms with Gasteiger partial charge < -0.3 is 9.47 Å². The molecule has 28 heavy (non-hydrogen) atoms. The summed E-state index contributed by atoms with van der Waals surface area (Å²) in [6.45, 7) is 0.364. The number of fused-ring (bicyclic) bond motifs is 1. The molecule has 3 aromatic heterocycles. The van der Waals surface area contributed by atoms with Crippen molar-refractivity contribution in [2.24, 2.45) is 0 Å². The van der Waals surface area contributed by atoms with Crippen LogP contribution in [0.1, 0.15) is 15.9 Å². The maximum absolute atomic E-state index is 12.3. The van der Waals surface area contributed by atoms with Gasteiger partial charge in [-0.2, -0.15) is 5.10 Å². The van der Waals surface area contributed by atoms with Crippen molar-refractivity contribution in [3.8, 4) is 17.0 Å². The average molecular weight is 394 g/mol. The van der Waals surface area contributed by atoms with Gasteiger partial charge in [-0.25, -0.2) is 14.3 Å². The summed E-state index contributed by atoms with van der Waals surface area (Å²) >= 11 is 6.03. The summed E-state index contributed by atoms with van der Waals surface area (Å²) in [6, 6.07) is 17.0. The third-order valence-electron chi connectivity index (χ3n) is 4.29. The van der Waals surface area contributed by atoms with Gasteiger partial charge in [0.1, 0.15) is 28.6 Å². The molecule has 0 bridgehead atoms. The number of benzene rings is 1. The number of rotatable bonds is 5. The molecule has 7 heteroatoms. The molecule has 6 nitrogen and oxygen atoms in total. The molecule has 1 aromatic carbocycles. The monoisotopic (exact) mass is 393 g/mol. The van der Waals surface area contributed by atoms with Crippen LogP contribution in [0.15, 0.2) is 67.0 Å². The molecule has 0 radical (unpaired) electrons. The Bertz CT molecular complexity index is 1140. The second-order valence-electron chi connectivity index (χ2n) is 6.03. The van der Waals surface area contributed by atoms with E-state index in [1.165, 1.54) is 13.3 Å². The number of hydrogen-bond acceptors (Lipinski definition) is 5. The quantitative estimate of drug-likeness (QED) is 0.371. The molecule has 0 spiro atoms. The molecule has 0 atom stereocenters. The molecule has 0 N–H and O–H groups in total. The van der Waals surface area contributed by atoms with Gasteiger partial charge in [0.15, 0.2) is 0 Å². The Hall–Kier alpha value is -3.38. The van der Waals surface area contributed by atoms with Gasteiger partial charge in [0, 0.05) is 11.8 Å². The molecule has 0 aliphatic heterocycles. The van der Waals surface area contributed by atoms with Crippen LogP contribution in [0.3, 0.4) is 0 Å². The second-order valence-corrected chi connectivity index (χ2v) is 6.42. The molecular formula is C21H16ClN3O3. The number of ether oxygens (including phenoxy) is 2. The zero-order valence-corrected chi connectivity index (χ0v) is 15.8. The summed E-state index contributed by atoms with van der Waals surface area (Å²) < 4.78 is 12.6. The number of hydrogen-bond donors (Lipinski definition) is 0. The molecule has 0 aliphatic carbocycles. The van der Waals surface area contributed by atoms with Gasteiger partial charge in [-0.1, -0.05) is 41.9 Å². The minimum absolute atomic E-state index is 0.326. The first-order chi connectivity index (χ1) is 13.7. The molecule has 3 heterocycles. The van der Waals surface area contributed by atoms with E-state index in [4.69, 9.17) is 21.1 Å². The van der Waals surface area contributed by atoms with Crippen molar-refractivity contribution in [2.45, 2.75) is 6.61 Å². The van der Waals surface area contributed by atoms with E-state index < -0.39 is 5.97 Å². The van der Waals surface area contributed by atoms with E-state index in [2.05, 4.69) is 10.1 Å². The predicted octanol–water partition coefficient (Wildman–Crippen LogP) is 4.42. The molecule has 0 saturated heterocycles. The van der Waals surface area contributed by atoms with E-state index in [-0.39, 0.29) is 0 Å². The highest BCUT2D eigenvalue weighted by Gasteiger charge is 2.20. The molecule has 0 fully saturated rings. The lowest BCUT2D eigenvalue weighted by molar-refractivity contribution is 0.0602. The van der Waals surface area contributed by atoms with E-state index in [0.29, 0.717) is 28.6 Å². The molecule has 4 rings (SSSR count). The van der Waals surface area contributed by atoms with E-state index in [9.17, 15) is 4.79 Å². The van der Waals surface area contributed by atoms with Crippen LogP contribution in [-0.4, -0.2) is 27.7 Å². The maximum atomic E-state index is 12.3. The van der Waals surface area contributed by atoms with Crippen molar-refractivity contribution < 1.29 is 14.3 Å². The van der Waals surface area contributed by atoms with Gasteiger partial charge in [-0.15, -0.1) is 0 Å². The van der Waals surface area contributed by atoms with Gasteiger partial charge in [-0.05, 0) is 29.8 Å². The van der Waals surface area contributed by atoms with Crippen LogP contribution in [0.4, 0.5) is 0 Å². The van der Waals surface area contributed by atoms with Gasteiger partial charge in [-0.3, -0.25) is 0 Å². The van der Waals surface area contributed by atoms with Crippen molar-refractivity contribution in [2.75, 3.05) is 7.11 Å². The third kappa shape index (κ3) is 3.42. The fourth-order valence-corrected chi connectivity index (χ4v) is 3.14. The highest BCUT2D eigenvalue weighted by atomic mass is 35.5. The Labute approximate surface area is 166 Å². The van der Waals surface area contributed by atoms with Crippen molar-refractivity contribution in [1.82, 2.24) is 14.6 Å². The average Bonchev–Trinajstić information content (AvgIpc) is 3.17. The highest BCUT2D eigenvalue weighted by Crippen LogP contribution is 2.31. The van der Waals surface area contributed by atoms with Crippen LogP contribution < -0.4 is 4.74 Å². The molecule has 140 valence electrons. The zero-order chi connectivity index (χ0) is 19.5. The highest BCUT2D eigenvalue weighted by molar-refractivity contribution is 6.29. The number of aromatic nitrogens is 3.